The van der Waals surface area contributed by atoms with Gasteiger partial charge in [0.1, 0.15) is 23.7 Å². The Bertz CT molecular complexity index is 896. The SMILES string of the molecule is COC(=O)c1ccc2c(c1)C(c1cccc(F)c1C#N)=CC(C)O2. The van der Waals surface area contributed by atoms with Crippen molar-refractivity contribution in [3.8, 4) is 11.8 Å². The van der Waals surface area contributed by atoms with Crippen LogP contribution in [-0.4, -0.2) is 19.2 Å². The Labute approximate surface area is 138 Å². The summed E-state index contributed by atoms with van der Waals surface area (Å²) in [6.45, 7) is 1.85. The van der Waals surface area contributed by atoms with Crippen molar-refractivity contribution < 1.29 is 18.7 Å². The molecule has 1 aliphatic rings. The largest absolute Gasteiger partial charge is 0.486 e. The Morgan fingerprint density at radius 1 is 1.29 bits per heavy atom. The van der Waals surface area contributed by atoms with Crippen LogP contribution < -0.4 is 4.74 Å². The Kier molecular flexibility index (Phi) is 4.05. The third-order valence-corrected chi connectivity index (χ3v) is 3.82. The number of nitrogens with zero attached hydrogens (tertiary/aromatic N) is 1. The number of hydrogen-bond donors (Lipinski definition) is 0. The molecule has 1 unspecified atom stereocenters. The number of nitriles is 1. The number of benzene rings is 2. The highest BCUT2D eigenvalue weighted by Crippen LogP contribution is 2.38. The Morgan fingerprint density at radius 2 is 2.08 bits per heavy atom. The lowest BCUT2D eigenvalue weighted by molar-refractivity contribution is 0.0600. The third-order valence-electron chi connectivity index (χ3n) is 3.82. The Balaban J connectivity index is 2.22. The topological polar surface area (TPSA) is 59.3 Å². The summed E-state index contributed by atoms with van der Waals surface area (Å²) < 4.78 is 24.5. The molecule has 0 bridgehead atoms. The van der Waals surface area contributed by atoms with E-state index in [1.54, 1.807) is 36.4 Å². The maximum Gasteiger partial charge on any atom is 0.337 e. The number of ether oxygens (including phenoxy) is 2. The molecule has 0 saturated carbocycles. The van der Waals surface area contributed by atoms with Gasteiger partial charge in [0.15, 0.2) is 0 Å². The van der Waals surface area contributed by atoms with E-state index in [2.05, 4.69) is 0 Å². The van der Waals surface area contributed by atoms with Crippen LogP contribution in [0.1, 0.15) is 34.0 Å². The van der Waals surface area contributed by atoms with Crippen LogP contribution in [0.3, 0.4) is 0 Å². The van der Waals surface area contributed by atoms with Crippen molar-refractivity contribution in [1.82, 2.24) is 0 Å². The number of methoxy groups -OCH3 is 1. The molecule has 1 heterocycles. The van der Waals surface area contributed by atoms with Crippen molar-refractivity contribution in [3.63, 3.8) is 0 Å². The van der Waals surface area contributed by atoms with Gasteiger partial charge >= 0.3 is 5.97 Å². The molecule has 120 valence electrons. The summed E-state index contributed by atoms with van der Waals surface area (Å²) in [5.41, 5.74) is 2.07. The highest BCUT2D eigenvalue weighted by atomic mass is 19.1. The predicted molar refractivity (Wildman–Crippen MR) is 86.1 cm³/mol. The first kappa shape index (κ1) is 15.8. The number of carbonyl (C=O) groups excluding carboxylic acids is 1. The van der Waals surface area contributed by atoms with Crippen molar-refractivity contribution in [2.45, 2.75) is 13.0 Å². The van der Waals surface area contributed by atoms with Crippen LogP contribution in [0.5, 0.6) is 5.75 Å². The summed E-state index contributed by atoms with van der Waals surface area (Å²) in [5, 5.41) is 9.30. The fourth-order valence-electron chi connectivity index (χ4n) is 2.74. The third kappa shape index (κ3) is 2.63. The molecule has 0 aliphatic carbocycles. The van der Waals surface area contributed by atoms with Crippen LogP contribution >= 0.6 is 0 Å². The van der Waals surface area contributed by atoms with Crippen molar-refractivity contribution in [2.75, 3.05) is 7.11 Å². The molecule has 0 saturated heterocycles. The molecule has 0 aromatic heterocycles. The lowest BCUT2D eigenvalue weighted by Gasteiger charge is -2.24. The molecule has 4 nitrogen and oxygen atoms in total. The maximum atomic E-state index is 14.0. The molecule has 0 spiro atoms. The van der Waals surface area contributed by atoms with E-state index in [0.29, 0.717) is 28.0 Å². The summed E-state index contributed by atoms with van der Waals surface area (Å²) in [4.78, 5) is 11.8. The second-order valence-corrected chi connectivity index (χ2v) is 5.38. The highest BCUT2D eigenvalue weighted by molar-refractivity contribution is 5.93. The molecular weight excluding hydrogens is 309 g/mol. The van der Waals surface area contributed by atoms with Gasteiger partial charge in [-0.3, -0.25) is 0 Å². The first-order valence-corrected chi connectivity index (χ1v) is 7.35. The molecule has 24 heavy (non-hydrogen) atoms. The van der Waals surface area contributed by atoms with E-state index in [-0.39, 0.29) is 11.7 Å². The molecule has 0 radical (unpaired) electrons. The number of halogens is 1. The van der Waals surface area contributed by atoms with E-state index in [4.69, 9.17) is 9.47 Å². The second-order valence-electron chi connectivity index (χ2n) is 5.38. The molecule has 2 aromatic rings. The summed E-state index contributed by atoms with van der Waals surface area (Å²) >= 11 is 0. The summed E-state index contributed by atoms with van der Waals surface area (Å²) in [5.74, 6) is -0.489. The average molecular weight is 323 g/mol. The standard InChI is InChI=1S/C19H14FNO3/c1-11-8-14(13-4-3-5-17(20)16(13)10-21)15-9-12(19(22)23-2)6-7-18(15)24-11/h3-9,11H,1-2H3. The van der Waals surface area contributed by atoms with Gasteiger partial charge in [0.2, 0.25) is 0 Å². The minimum absolute atomic E-state index is 0.0349. The zero-order chi connectivity index (χ0) is 17.3. The number of fused-ring (bicyclic) bond motifs is 1. The predicted octanol–water partition coefficient (Wildman–Crippen LogP) is 3.70. The average Bonchev–Trinajstić information content (AvgIpc) is 2.59. The Morgan fingerprint density at radius 3 is 2.79 bits per heavy atom. The lowest BCUT2D eigenvalue weighted by atomic mass is 9.90. The molecule has 0 N–H and O–H groups in total. The van der Waals surface area contributed by atoms with Gasteiger partial charge in [-0.05, 0) is 42.8 Å². The first-order chi connectivity index (χ1) is 11.5. The number of hydrogen-bond acceptors (Lipinski definition) is 4. The summed E-state index contributed by atoms with van der Waals surface area (Å²) in [6, 6.07) is 11.3. The minimum atomic E-state index is -0.583. The number of esters is 1. The van der Waals surface area contributed by atoms with Crippen molar-refractivity contribution in [1.29, 1.82) is 5.26 Å². The molecule has 0 amide bonds. The molecule has 1 aliphatic heterocycles. The smallest absolute Gasteiger partial charge is 0.337 e. The van der Waals surface area contributed by atoms with E-state index in [1.807, 2.05) is 13.0 Å². The van der Waals surface area contributed by atoms with E-state index < -0.39 is 11.8 Å². The first-order valence-electron chi connectivity index (χ1n) is 7.35. The van der Waals surface area contributed by atoms with E-state index in [0.717, 1.165) is 0 Å². The van der Waals surface area contributed by atoms with Gasteiger partial charge in [-0.1, -0.05) is 12.1 Å². The van der Waals surface area contributed by atoms with Crippen LogP contribution in [0, 0.1) is 17.1 Å². The van der Waals surface area contributed by atoms with Crippen molar-refractivity contribution in [3.05, 3.63) is 70.5 Å². The van der Waals surface area contributed by atoms with Gasteiger partial charge in [-0.25, -0.2) is 9.18 Å². The van der Waals surface area contributed by atoms with E-state index >= 15 is 0 Å². The molecule has 5 heteroatoms. The minimum Gasteiger partial charge on any atom is -0.486 e. The monoisotopic (exact) mass is 323 g/mol. The quantitative estimate of drug-likeness (QED) is 0.791. The van der Waals surface area contributed by atoms with Gasteiger partial charge < -0.3 is 9.47 Å². The molecular formula is C19H14FNO3. The molecule has 3 rings (SSSR count). The fraction of sp³-hybridized carbons (Fsp3) is 0.158. The number of carbonyl (C=O) groups is 1. The van der Waals surface area contributed by atoms with Gasteiger partial charge in [0, 0.05) is 11.1 Å². The zero-order valence-corrected chi connectivity index (χ0v) is 13.2. The second kappa shape index (κ2) is 6.17. The summed E-state index contributed by atoms with van der Waals surface area (Å²) in [6.07, 6.45) is 1.56. The van der Waals surface area contributed by atoms with Gasteiger partial charge in [0.05, 0.1) is 18.2 Å². The van der Waals surface area contributed by atoms with E-state index in [1.165, 1.54) is 13.2 Å². The highest BCUT2D eigenvalue weighted by Gasteiger charge is 2.23. The maximum absolute atomic E-state index is 14.0. The molecule has 0 fully saturated rings. The molecule has 1 atom stereocenters. The van der Waals surface area contributed by atoms with Crippen LogP contribution in [-0.2, 0) is 4.74 Å². The normalized spacial score (nSPS) is 15.6. The van der Waals surface area contributed by atoms with Crippen LogP contribution in [0.2, 0.25) is 0 Å². The van der Waals surface area contributed by atoms with Gasteiger partial charge in [-0.15, -0.1) is 0 Å². The van der Waals surface area contributed by atoms with Crippen LogP contribution in [0.15, 0.2) is 42.5 Å². The van der Waals surface area contributed by atoms with Crippen LogP contribution in [0.4, 0.5) is 4.39 Å². The van der Waals surface area contributed by atoms with E-state index in [9.17, 15) is 14.4 Å². The fourth-order valence-corrected chi connectivity index (χ4v) is 2.74. The lowest BCUT2D eigenvalue weighted by Crippen LogP contribution is -2.16. The van der Waals surface area contributed by atoms with Crippen molar-refractivity contribution >= 4 is 11.5 Å². The zero-order valence-electron chi connectivity index (χ0n) is 13.2. The van der Waals surface area contributed by atoms with Crippen molar-refractivity contribution in [2.24, 2.45) is 0 Å². The Hall–Kier alpha value is -3.13. The summed E-state index contributed by atoms with van der Waals surface area (Å²) in [7, 11) is 1.30. The van der Waals surface area contributed by atoms with Crippen LogP contribution in [0.25, 0.3) is 5.57 Å². The molecule has 2 aromatic carbocycles. The van der Waals surface area contributed by atoms with Gasteiger partial charge in [0.25, 0.3) is 0 Å². The van der Waals surface area contributed by atoms with Gasteiger partial charge in [-0.2, -0.15) is 5.26 Å². The number of rotatable bonds is 2.